The second-order valence-corrected chi connectivity index (χ2v) is 4.28. The maximum atomic E-state index is 12.6. The molecule has 0 unspecified atom stereocenters. The Morgan fingerprint density at radius 1 is 1.38 bits per heavy atom. The third-order valence-corrected chi connectivity index (χ3v) is 2.79. The van der Waals surface area contributed by atoms with Crippen molar-refractivity contribution in [2.45, 2.75) is 19.5 Å². The van der Waals surface area contributed by atoms with Gasteiger partial charge in [-0.3, -0.25) is 19.7 Å². The Morgan fingerprint density at radius 2 is 2.05 bits per heavy atom. The van der Waals surface area contributed by atoms with Crippen molar-refractivity contribution in [3.63, 3.8) is 0 Å². The van der Waals surface area contributed by atoms with Crippen LogP contribution in [0.25, 0.3) is 5.95 Å². The van der Waals surface area contributed by atoms with E-state index in [-0.39, 0.29) is 18.6 Å². The molecule has 0 amide bonds. The van der Waals surface area contributed by atoms with E-state index in [1.165, 1.54) is 6.92 Å². The van der Waals surface area contributed by atoms with Gasteiger partial charge in [-0.15, -0.1) is 0 Å². The minimum Gasteiger partial charge on any atom is -0.396 e. The summed E-state index contributed by atoms with van der Waals surface area (Å²) in [6.45, 7) is 1.23. The van der Waals surface area contributed by atoms with E-state index in [1.807, 2.05) is 0 Å². The molecule has 3 N–H and O–H groups in total. The van der Waals surface area contributed by atoms with Gasteiger partial charge in [0.25, 0.3) is 11.1 Å². The lowest BCUT2D eigenvalue weighted by Crippen LogP contribution is -2.25. The molecule has 2 aromatic rings. The predicted octanol–water partition coefficient (Wildman–Crippen LogP) is 0.111. The molecule has 7 nitrogen and oxygen atoms in total. The molecule has 0 radical (unpaired) electrons. The highest BCUT2D eigenvalue weighted by molar-refractivity contribution is 5.23. The molecular weight excluding hydrogens is 293 g/mol. The number of aryl methyl sites for hydroxylation is 1. The van der Waals surface area contributed by atoms with E-state index < -0.39 is 28.9 Å². The molecule has 0 aliphatic heterocycles. The van der Waals surface area contributed by atoms with E-state index in [1.54, 1.807) is 0 Å². The monoisotopic (exact) mass is 304 g/mol. The van der Waals surface area contributed by atoms with Gasteiger partial charge in [0.2, 0.25) is 5.95 Å². The Bertz CT molecular complexity index is 772. The van der Waals surface area contributed by atoms with Gasteiger partial charge < -0.3 is 5.11 Å². The fraction of sp³-hybridized carbons (Fsp3) is 0.364. The van der Waals surface area contributed by atoms with Crippen molar-refractivity contribution in [2.75, 3.05) is 6.61 Å². The Kier molecular flexibility index (Phi) is 3.73. The third-order valence-electron chi connectivity index (χ3n) is 2.79. The van der Waals surface area contributed by atoms with Crippen LogP contribution in [0.2, 0.25) is 0 Å². The molecular formula is C11H11F3N4O3. The van der Waals surface area contributed by atoms with Gasteiger partial charge in [0.1, 0.15) is 0 Å². The summed E-state index contributed by atoms with van der Waals surface area (Å²) in [5, 5.41) is 11.4. The average molecular weight is 304 g/mol. The zero-order valence-electron chi connectivity index (χ0n) is 10.8. The number of nitrogens with one attached hydrogen (secondary N) is 2. The molecule has 0 atom stereocenters. The molecule has 0 aromatic carbocycles. The highest BCUT2D eigenvalue weighted by Crippen LogP contribution is 2.26. The summed E-state index contributed by atoms with van der Waals surface area (Å²) >= 11 is 0. The molecule has 10 heteroatoms. The first-order valence-electron chi connectivity index (χ1n) is 5.84. The molecule has 0 aliphatic rings. The van der Waals surface area contributed by atoms with E-state index in [2.05, 4.69) is 15.1 Å². The fourth-order valence-electron chi connectivity index (χ4n) is 1.83. The average Bonchev–Trinajstić information content (AvgIpc) is 2.65. The Hall–Kier alpha value is -2.36. The van der Waals surface area contributed by atoms with Crippen molar-refractivity contribution < 1.29 is 18.3 Å². The van der Waals surface area contributed by atoms with Crippen LogP contribution in [-0.4, -0.2) is 31.5 Å². The standard InChI is InChI=1S/C11H11F3N4O3/c1-5-6(2-3-19)9(21)18(17-5)10-15-7(11(12,13)14)4-8(20)16-10/h4,17,19H,2-3H2,1H3,(H,15,16,20). The number of rotatable bonds is 3. The number of halogens is 3. The van der Waals surface area contributed by atoms with Gasteiger partial charge in [-0.1, -0.05) is 0 Å². The second-order valence-electron chi connectivity index (χ2n) is 4.28. The van der Waals surface area contributed by atoms with Crippen LogP contribution in [0, 0.1) is 6.92 Å². The van der Waals surface area contributed by atoms with Gasteiger partial charge in [-0.2, -0.15) is 17.9 Å². The Labute approximate surface area is 115 Å². The summed E-state index contributed by atoms with van der Waals surface area (Å²) < 4.78 is 38.6. The van der Waals surface area contributed by atoms with Crippen molar-refractivity contribution in [1.82, 2.24) is 19.7 Å². The lowest BCUT2D eigenvalue weighted by atomic mass is 10.2. The van der Waals surface area contributed by atoms with E-state index in [0.717, 1.165) is 0 Å². The zero-order valence-corrected chi connectivity index (χ0v) is 10.8. The molecule has 2 aromatic heterocycles. The number of nitrogens with zero attached hydrogens (tertiary/aromatic N) is 2. The summed E-state index contributed by atoms with van der Waals surface area (Å²) in [6, 6.07) is 0.305. The fourth-order valence-corrected chi connectivity index (χ4v) is 1.83. The number of H-pyrrole nitrogens is 2. The van der Waals surface area contributed by atoms with Crippen LogP contribution < -0.4 is 11.1 Å². The van der Waals surface area contributed by atoms with Crippen molar-refractivity contribution in [3.05, 3.63) is 43.7 Å². The third kappa shape index (κ3) is 2.89. The van der Waals surface area contributed by atoms with Crippen LogP contribution in [0.5, 0.6) is 0 Å². The summed E-state index contributed by atoms with van der Waals surface area (Å²) in [5.41, 5.74) is -2.53. The van der Waals surface area contributed by atoms with Crippen LogP contribution in [-0.2, 0) is 12.6 Å². The van der Waals surface area contributed by atoms with Crippen LogP contribution in [0.1, 0.15) is 17.0 Å². The molecule has 0 saturated heterocycles. The number of aromatic amines is 2. The van der Waals surface area contributed by atoms with Crippen LogP contribution in [0.3, 0.4) is 0 Å². The first-order chi connectivity index (χ1) is 9.74. The molecule has 0 saturated carbocycles. The van der Waals surface area contributed by atoms with E-state index >= 15 is 0 Å². The van der Waals surface area contributed by atoms with Crippen LogP contribution in [0.4, 0.5) is 13.2 Å². The molecule has 2 rings (SSSR count). The number of aromatic nitrogens is 4. The molecule has 0 spiro atoms. The van der Waals surface area contributed by atoms with Gasteiger partial charge >= 0.3 is 6.18 Å². The lowest BCUT2D eigenvalue weighted by molar-refractivity contribution is -0.141. The Morgan fingerprint density at radius 3 is 2.62 bits per heavy atom. The van der Waals surface area contributed by atoms with Crippen LogP contribution in [0.15, 0.2) is 15.7 Å². The minimum absolute atomic E-state index is 0.0390. The van der Waals surface area contributed by atoms with Gasteiger partial charge in [0.15, 0.2) is 5.69 Å². The largest absolute Gasteiger partial charge is 0.433 e. The maximum Gasteiger partial charge on any atom is 0.433 e. The van der Waals surface area contributed by atoms with Crippen molar-refractivity contribution in [3.8, 4) is 5.95 Å². The molecule has 2 heterocycles. The number of alkyl halides is 3. The van der Waals surface area contributed by atoms with Crippen molar-refractivity contribution in [2.24, 2.45) is 0 Å². The number of aliphatic hydroxyl groups excluding tert-OH is 1. The number of hydrogen-bond acceptors (Lipinski definition) is 4. The first kappa shape index (κ1) is 15.0. The number of hydrogen-bond donors (Lipinski definition) is 3. The normalized spacial score (nSPS) is 11.9. The van der Waals surface area contributed by atoms with E-state index in [0.29, 0.717) is 16.4 Å². The highest BCUT2D eigenvalue weighted by atomic mass is 19.4. The minimum atomic E-state index is -4.80. The van der Waals surface area contributed by atoms with Crippen molar-refractivity contribution >= 4 is 0 Å². The molecule has 0 aliphatic carbocycles. The van der Waals surface area contributed by atoms with Gasteiger partial charge in [-0.25, -0.2) is 4.98 Å². The van der Waals surface area contributed by atoms with Gasteiger partial charge in [-0.05, 0) is 6.92 Å². The van der Waals surface area contributed by atoms with E-state index in [4.69, 9.17) is 5.11 Å². The molecule has 114 valence electrons. The molecule has 0 bridgehead atoms. The first-order valence-corrected chi connectivity index (χ1v) is 5.84. The summed E-state index contributed by atoms with van der Waals surface area (Å²) in [6.07, 6.45) is -4.76. The quantitative estimate of drug-likeness (QED) is 0.748. The van der Waals surface area contributed by atoms with Crippen LogP contribution >= 0.6 is 0 Å². The maximum absolute atomic E-state index is 12.6. The smallest absolute Gasteiger partial charge is 0.396 e. The van der Waals surface area contributed by atoms with Gasteiger partial charge in [0, 0.05) is 30.4 Å². The van der Waals surface area contributed by atoms with E-state index in [9.17, 15) is 22.8 Å². The molecule has 0 fully saturated rings. The summed E-state index contributed by atoms with van der Waals surface area (Å²) in [5.74, 6) is -0.563. The SMILES string of the molecule is Cc1[nH]n(-c2nc(C(F)(F)F)cc(=O)[nH]2)c(=O)c1CCO. The van der Waals surface area contributed by atoms with Gasteiger partial charge in [0.05, 0.1) is 0 Å². The summed E-state index contributed by atoms with van der Waals surface area (Å²) in [4.78, 5) is 28.6. The summed E-state index contributed by atoms with van der Waals surface area (Å²) in [7, 11) is 0. The van der Waals surface area contributed by atoms with Crippen molar-refractivity contribution in [1.29, 1.82) is 0 Å². The zero-order chi connectivity index (χ0) is 15.8. The highest BCUT2D eigenvalue weighted by Gasteiger charge is 2.33. The predicted molar refractivity (Wildman–Crippen MR) is 65.3 cm³/mol. The Balaban J connectivity index is 2.63. The lowest BCUT2D eigenvalue weighted by Gasteiger charge is -2.07. The topological polar surface area (TPSA) is 104 Å². The molecule has 21 heavy (non-hydrogen) atoms. The second kappa shape index (κ2) is 5.20. The number of aliphatic hydroxyl groups is 1.